The second-order valence-corrected chi connectivity index (χ2v) is 4.43. The molecule has 84 valence electrons. The molecule has 0 aliphatic heterocycles. The van der Waals surface area contributed by atoms with Crippen molar-refractivity contribution in [3.8, 4) is 11.8 Å². The summed E-state index contributed by atoms with van der Waals surface area (Å²) in [7, 11) is 0. The normalized spacial score (nSPS) is 16.3. The van der Waals surface area contributed by atoms with Crippen molar-refractivity contribution in [1.82, 2.24) is 5.32 Å². The van der Waals surface area contributed by atoms with Crippen molar-refractivity contribution in [2.75, 3.05) is 19.7 Å². The van der Waals surface area contributed by atoms with Gasteiger partial charge in [0.05, 0.1) is 6.54 Å². The highest BCUT2D eigenvalue weighted by molar-refractivity contribution is 5.33. The van der Waals surface area contributed by atoms with E-state index >= 15 is 0 Å². The Kier molecular flexibility index (Phi) is 3.61. The molecule has 1 fully saturated rings. The molecule has 2 N–H and O–H groups in total. The molecule has 1 aliphatic rings. The molecule has 1 aromatic rings. The van der Waals surface area contributed by atoms with Crippen LogP contribution in [-0.2, 0) is 0 Å². The van der Waals surface area contributed by atoms with E-state index in [0.29, 0.717) is 13.2 Å². The first-order valence-corrected chi connectivity index (χ1v) is 5.70. The quantitative estimate of drug-likeness (QED) is 0.588. The van der Waals surface area contributed by atoms with Crippen LogP contribution in [0.1, 0.15) is 18.4 Å². The minimum absolute atomic E-state index is 0.175. The predicted octanol–water partition coefficient (Wildman–Crippen LogP) is 1.40. The highest BCUT2D eigenvalue weighted by atomic mass is 16.3. The van der Waals surface area contributed by atoms with Gasteiger partial charge in [0.1, 0.15) is 0 Å². The van der Waals surface area contributed by atoms with E-state index in [2.05, 4.69) is 17.2 Å². The molecule has 0 amide bonds. The van der Waals surface area contributed by atoms with Crippen molar-refractivity contribution in [3.05, 3.63) is 35.9 Å². The van der Waals surface area contributed by atoms with Crippen LogP contribution in [0.2, 0.25) is 0 Å². The summed E-state index contributed by atoms with van der Waals surface area (Å²) in [6.07, 6.45) is 2.28. The van der Waals surface area contributed by atoms with Gasteiger partial charge in [0.25, 0.3) is 0 Å². The lowest BCUT2D eigenvalue weighted by molar-refractivity contribution is 0.209. The minimum atomic E-state index is 0.175. The monoisotopic (exact) mass is 215 g/mol. The van der Waals surface area contributed by atoms with Gasteiger partial charge in [0.2, 0.25) is 0 Å². The van der Waals surface area contributed by atoms with E-state index in [1.165, 1.54) is 0 Å². The molecule has 0 aromatic heterocycles. The van der Waals surface area contributed by atoms with Crippen LogP contribution < -0.4 is 5.32 Å². The van der Waals surface area contributed by atoms with E-state index in [9.17, 15) is 0 Å². The number of benzene rings is 1. The van der Waals surface area contributed by atoms with Crippen LogP contribution in [0.4, 0.5) is 0 Å². The van der Waals surface area contributed by atoms with E-state index in [1.807, 2.05) is 30.3 Å². The van der Waals surface area contributed by atoms with Crippen LogP contribution >= 0.6 is 0 Å². The van der Waals surface area contributed by atoms with Gasteiger partial charge in [-0.15, -0.1) is 0 Å². The predicted molar refractivity (Wildman–Crippen MR) is 64.9 cm³/mol. The Labute approximate surface area is 96.7 Å². The van der Waals surface area contributed by atoms with Gasteiger partial charge in [-0.3, -0.25) is 0 Å². The molecule has 0 unspecified atom stereocenters. The molecule has 0 atom stereocenters. The summed E-state index contributed by atoms with van der Waals surface area (Å²) in [6, 6.07) is 9.97. The molecule has 1 aromatic carbocycles. The summed E-state index contributed by atoms with van der Waals surface area (Å²) in [5, 5.41) is 12.4. The number of hydrogen-bond donors (Lipinski definition) is 2. The maximum absolute atomic E-state index is 9.12. The maximum atomic E-state index is 9.12. The van der Waals surface area contributed by atoms with Crippen molar-refractivity contribution in [1.29, 1.82) is 0 Å². The third-order valence-corrected chi connectivity index (χ3v) is 3.01. The van der Waals surface area contributed by atoms with Gasteiger partial charge in [-0.1, -0.05) is 30.0 Å². The van der Waals surface area contributed by atoms with Gasteiger partial charge in [0, 0.05) is 24.1 Å². The number of hydrogen-bond acceptors (Lipinski definition) is 2. The molecule has 0 heterocycles. The smallest absolute Gasteiger partial charge is 0.0580 e. The zero-order valence-electron chi connectivity index (χ0n) is 9.37. The highest BCUT2D eigenvalue weighted by Crippen LogP contribution is 2.44. The number of aliphatic hydroxyl groups excluding tert-OH is 1. The second-order valence-electron chi connectivity index (χ2n) is 4.43. The lowest BCUT2D eigenvalue weighted by Crippen LogP contribution is -2.26. The minimum Gasteiger partial charge on any atom is -0.396 e. The molecule has 2 rings (SSSR count). The zero-order chi connectivity index (χ0) is 11.3. The summed E-state index contributed by atoms with van der Waals surface area (Å²) in [4.78, 5) is 0. The number of aliphatic hydroxyl groups is 1. The van der Waals surface area contributed by atoms with Crippen molar-refractivity contribution in [2.45, 2.75) is 12.8 Å². The average molecular weight is 215 g/mol. The molecule has 1 aliphatic carbocycles. The summed E-state index contributed by atoms with van der Waals surface area (Å²) >= 11 is 0. The van der Waals surface area contributed by atoms with Crippen LogP contribution in [0.25, 0.3) is 0 Å². The second kappa shape index (κ2) is 5.16. The Morgan fingerprint density at radius 3 is 2.62 bits per heavy atom. The first-order valence-electron chi connectivity index (χ1n) is 5.70. The molecular formula is C14H17NO. The number of rotatable bonds is 4. The van der Waals surface area contributed by atoms with Crippen LogP contribution in [0.3, 0.4) is 0 Å². The Morgan fingerprint density at radius 2 is 2.00 bits per heavy atom. The molecule has 0 radical (unpaired) electrons. The number of nitrogens with one attached hydrogen (secondary N) is 1. The molecule has 2 heteroatoms. The van der Waals surface area contributed by atoms with E-state index in [-0.39, 0.29) is 5.41 Å². The van der Waals surface area contributed by atoms with Crippen molar-refractivity contribution < 1.29 is 5.11 Å². The third-order valence-electron chi connectivity index (χ3n) is 3.01. The van der Waals surface area contributed by atoms with Gasteiger partial charge in [-0.05, 0) is 25.0 Å². The van der Waals surface area contributed by atoms with E-state index < -0.39 is 0 Å². The molecule has 1 saturated carbocycles. The van der Waals surface area contributed by atoms with Gasteiger partial charge in [0.15, 0.2) is 0 Å². The Hall–Kier alpha value is -1.30. The Balaban J connectivity index is 1.70. The first-order chi connectivity index (χ1) is 7.85. The Morgan fingerprint density at radius 1 is 1.25 bits per heavy atom. The van der Waals surface area contributed by atoms with E-state index in [4.69, 9.17) is 5.11 Å². The summed E-state index contributed by atoms with van der Waals surface area (Å²) in [5.41, 5.74) is 1.22. The maximum Gasteiger partial charge on any atom is 0.0580 e. The largest absolute Gasteiger partial charge is 0.396 e. The molecule has 0 spiro atoms. The lowest BCUT2D eigenvalue weighted by Gasteiger charge is -2.10. The standard InChI is InChI=1S/C14H17NO/c16-12-14(8-9-14)11-15-10-4-7-13-5-2-1-3-6-13/h1-3,5-6,15-16H,8-12H2. The van der Waals surface area contributed by atoms with Crippen LogP contribution in [0, 0.1) is 17.3 Å². The third kappa shape index (κ3) is 3.10. The summed E-state index contributed by atoms with van der Waals surface area (Å²) < 4.78 is 0. The van der Waals surface area contributed by atoms with Crippen LogP contribution in [0.15, 0.2) is 30.3 Å². The van der Waals surface area contributed by atoms with Crippen molar-refractivity contribution >= 4 is 0 Å². The molecule has 0 saturated heterocycles. The van der Waals surface area contributed by atoms with Crippen LogP contribution in [-0.4, -0.2) is 24.8 Å². The van der Waals surface area contributed by atoms with Crippen LogP contribution in [0.5, 0.6) is 0 Å². The lowest BCUT2D eigenvalue weighted by atomic mass is 10.1. The molecule has 2 nitrogen and oxygen atoms in total. The summed E-state index contributed by atoms with van der Waals surface area (Å²) in [6.45, 7) is 1.87. The Bertz CT molecular complexity index is 384. The topological polar surface area (TPSA) is 32.3 Å². The van der Waals surface area contributed by atoms with Gasteiger partial charge in [-0.2, -0.15) is 0 Å². The van der Waals surface area contributed by atoms with Gasteiger partial charge < -0.3 is 10.4 Å². The highest BCUT2D eigenvalue weighted by Gasteiger charge is 2.41. The zero-order valence-corrected chi connectivity index (χ0v) is 9.37. The van der Waals surface area contributed by atoms with Gasteiger partial charge >= 0.3 is 0 Å². The fourth-order valence-electron chi connectivity index (χ4n) is 1.63. The fourth-order valence-corrected chi connectivity index (χ4v) is 1.63. The van der Waals surface area contributed by atoms with Crippen molar-refractivity contribution in [2.24, 2.45) is 5.41 Å². The van der Waals surface area contributed by atoms with E-state index in [0.717, 1.165) is 24.9 Å². The molecule has 16 heavy (non-hydrogen) atoms. The average Bonchev–Trinajstić information content (AvgIpc) is 3.11. The fraction of sp³-hybridized carbons (Fsp3) is 0.429. The van der Waals surface area contributed by atoms with Gasteiger partial charge in [-0.25, -0.2) is 0 Å². The van der Waals surface area contributed by atoms with Crippen molar-refractivity contribution in [3.63, 3.8) is 0 Å². The first kappa shape index (κ1) is 11.2. The van der Waals surface area contributed by atoms with E-state index in [1.54, 1.807) is 0 Å². The molecule has 0 bridgehead atoms. The summed E-state index contributed by atoms with van der Waals surface area (Å²) in [5.74, 6) is 6.18. The SMILES string of the molecule is OCC1(CNCC#Cc2ccccc2)CC1. The molecular weight excluding hydrogens is 198 g/mol.